The Hall–Kier alpha value is -2.24. The van der Waals surface area contributed by atoms with Gasteiger partial charge in [0.15, 0.2) is 5.78 Å². The van der Waals surface area contributed by atoms with E-state index >= 15 is 0 Å². The summed E-state index contributed by atoms with van der Waals surface area (Å²) >= 11 is 0. The molecule has 1 aromatic rings. The number of hydrogen-bond acceptors (Lipinski definition) is 4. The SMILES string of the molecule is CC(=O)COc1ccc(F)cc1/C=C/[N+](=O)[O-]. The van der Waals surface area contributed by atoms with E-state index in [0.29, 0.717) is 6.20 Å². The minimum atomic E-state index is -0.667. The molecule has 0 amide bonds. The van der Waals surface area contributed by atoms with Crippen LogP contribution in [0.3, 0.4) is 0 Å². The fourth-order valence-electron chi connectivity index (χ4n) is 1.10. The van der Waals surface area contributed by atoms with Gasteiger partial charge in [-0.1, -0.05) is 0 Å². The van der Waals surface area contributed by atoms with Crippen LogP contribution in [0.4, 0.5) is 4.39 Å². The van der Waals surface area contributed by atoms with Crippen LogP contribution in [-0.4, -0.2) is 17.3 Å². The largest absolute Gasteiger partial charge is 0.485 e. The standard InChI is InChI=1S/C11H10FNO4/c1-8(14)7-17-11-3-2-10(12)6-9(11)4-5-13(15)16/h2-6H,7H2,1H3/b5-4+. The summed E-state index contributed by atoms with van der Waals surface area (Å²) in [6.07, 6.45) is 1.79. The van der Waals surface area contributed by atoms with Crippen LogP contribution < -0.4 is 4.74 Å². The van der Waals surface area contributed by atoms with E-state index in [1.54, 1.807) is 0 Å². The van der Waals surface area contributed by atoms with Gasteiger partial charge in [-0.15, -0.1) is 0 Å². The average molecular weight is 239 g/mol. The summed E-state index contributed by atoms with van der Waals surface area (Å²) in [5.74, 6) is -0.513. The third-order valence-corrected chi connectivity index (χ3v) is 1.78. The molecule has 17 heavy (non-hydrogen) atoms. The van der Waals surface area contributed by atoms with E-state index in [1.807, 2.05) is 0 Å². The Bertz CT molecular complexity index is 471. The van der Waals surface area contributed by atoms with Crippen molar-refractivity contribution in [1.29, 1.82) is 0 Å². The molecule has 0 bridgehead atoms. The normalized spacial score (nSPS) is 10.5. The maximum atomic E-state index is 12.9. The smallest absolute Gasteiger partial charge is 0.235 e. The molecule has 0 N–H and O–H groups in total. The van der Waals surface area contributed by atoms with E-state index in [0.717, 1.165) is 18.2 Å². The first kappa shape index (κ1) is 12.8. The van der Waals surface area contributed by atoms with E-state index in [4.69, 9.17) is 4.74 Å². The minimum absolute atomic E-state index is 0.162. The molecular formula is C11H10FNO4. The number of hydrogen-bond donors (Lipinski definition) is 0. The summed E-state index contributed by atoms with van der Waals surface area (Å²) in [6, 6.07) is 3.56. The van der Waals surface area contributed by atoms with Crippen molar-refractivity contribution in [2.24, 2.45) is 0 Å². The first-order chi connectivity index (χ1) is 7.99. The lowest BCUT2D eigenvalue weighted by molar-refractivity contribution is -0.400. The number of carbonyl (C=O) groups is 1. The van der Waals surface area contributed by atoms with Crippen molar-refractivity contribution in [3.05, 3.63) is 45.9 Å². The van der Waals surface area contributed by atoms with Crippen molar-refractivity contribution in [2.75, 3.05) is 6.61 Å². The third kappa shape index (κ3) is 4.42. The number of ketones is 1. The van der Waals surface area contributed by atoms with Gasteiger partial charge in [0.1, 0.15) is 18.2 Å². The molecule has 0 aliphatic carbocycles. The second-order valence-corrected chi connectivity index (χ2v) is 3.27. The third-order valence-electron chi connectivity index (χ3n) is 1.78. The molecule has 0 atom stereocenters. The van der Waals surface area contributed by atoms with Crippen molar-refractivity contribution in [1.82, 2.24) is 0 Å². The zero-order valence-corrected chi connectivity index (χ0v) is 9.05. The number of halogens is 1. The van der Waals surface area contributed by atoms with E-state index in [-0.39, 0.29) is 23.7 Å². The molecule has 1 rings (SSSR count). The predicted molar refractivity (Wildman–Crippen MR) is 58.6 cm³/mol. The summed E-state index contributed by atoms with van der Waals surface area (Å²) in [5.41, 5.74) is 0.211. The van der Waals surface area contributed by atoms with Crippen molar-refractivity contribution in [3.63, 3.8) is 0 Å². The molecular weight excluding hydrogens is 229 g/mol. The maximum absolute atomic E-state index is 12.9. The monoisotopic (exact) mass is 239 g/mol. The first-order valence-electron chi connectivity index (χ1n) is 4.72. The second-order valence-electron chi connectivity index (χ2n) is 3.27. The maximum Gasteiger partial charge on any atom is 0.235 e. The second kappa shape index (κ2) is 5.74. The lowest BCUT2D eigenvalue weighted by Crippen LogP contribution is -2.07. The van der Waals surface area contributed by atoms with Crippen LogP contribution in [-0.2, 0) is 4.79 Å². The molecule has 0 aliphatic rings. The van der Waals surface area contributed by atoms with Crippen LogP contribution >= 0.6 is 0 Å². The fraction of sp³-hybridized carbons (Fsp3) is 0.182. The summed E-state index contributed by atoms with van der Waals surface area (Å²) in [7, 11) is 0. The van der Waals surface area contributed by atoms with Gasteiger partial charge in [-0.05, 0) is 25.1 Å². The minimum Gasteiger partial charge on any atom is -0.485 e. The Morgan fingerprint density at radius 2 is 2.29 bits per heavy atom. The molecule has 0 unspecified atom stereocenters. The molecule has 5 nitrogen and oxygen atoms in total. The predicted octanol–water partition coefficient (Wildman–Crippen LogP) is 2.04. The molecule has 0 radical (unpaired) electrons. The van der Waals surface area contributed by atoms with Crippen LogP contribution in [0.25, 0.3) is 6.08 Å². The Balaban J connectivity index is 2.95. The number of nitro groups is 1. The van der Waals surface area contributed by atoms with Crippen molar-refractivity contribution in [2.45, 2.75) is 6.92 Å². The highest BCUT2D eigenvalue weighted by molar-refractivity contribution is 5.77. The topological polar surface area (TPSA) is 69.4 Å². The zero-order valence-electron chi connectivity index (χ0n) is 9.05. The molecule has 0 saturated carbocycles. The van der Waals surface area contributed by atoms with Crippen LogP contribution in [0, 0.1) is 15.9 Å². The molecule has 0 heterocycles. The summed E-state index contributed by atoms with van der Waals surface area (Å²) < 4.78 is 18.0. The Morgan fingerprint density at radius 1 is 1.59 bits per heavy atom. The first-order valence-corrected chi connectivity index (χ1v) is 4.72. The molecule has 0 aliphatic heterocycles. The molecule has 1 aromatic carbocycles. The molecule has 90 valence electrons. The summed E-state index contributed by atoms with van der Waals surface area (Å²) in [6.45, 7) is 1.18. The van der Waals surface area contributed by atoms with Gasteiger partial charge in [0.25, 0.3) is 0 Å². The highest BCUT2D eigenvalue weighted by Gasteiger charge is 2.05. The highest BCUT2D eigenvalue weighted by Crippen LogP contribution is 2.21. The zero-order chi connectivity index (χ0) is 12.8. The number of ether oxygens (including phenoxy) is 1. The Morgan fingerprint density at radius 3 is 2.88 bits per heavy atom. The van der Waals surface area contributed by atoms with Crippen molar-refractivity contribution in [3.8, 4) is 5.75 Å². The van der Waals surface area contributed by atoms with Crippen molar-refractivity contribution < 1.29 is 18.8 Å². The molecule has 0 spiro atoms. The van der Waals surface area contributed by atoms with E-state index in [1.165, 1.54) is 13.0 Å². The van der Waals surface area contributed by atoms with E-state index in [9.17, 15) is 19.3 Å². The summed E-state index contributed by atoms with van der Waals surface area (Å²) in [5, 5.41) is 10.2. The number of benzene rings is 1. The van der Waals surface area contributed by atoms with Crippen LogP contribution in [0.15, 0.2) is 24.4 Å². The van der Waals surface area contributed by atoms with Gasteiger partial charge in [-0.3, -0.25) is 14.9 Å². The fourth-order valence-corrected chi connectivity index (χ4v) is 1.10. The van der Waals surface area contributed by atoms with Crippen LogP contribution in [0.5, 0.6) is 5.75 Å². The van der Waals surface area contributed by atoms with E-state index in [2.05, 4.69) is 0 Å². The molecule has 6 heteroatoms. The Kier molecular flexibility index (Phi) is 4.33. The van der Waals surface area contributed by atoms with Gasteiger partial charge in [0.2, 0.25) is 6.20 Å². The average Bonchev–Trinajstić information content (AvgIpc) is 2.24. The van der Waals surface area contributed by atoms with Crippen LogP contribution in [0.1, 0.15) is 12.5 Å². The lowest BCUT2D eigenvalue weighted by atomic mass is 10.2. The number of Topliss-reactive ketones (excluding diaryl/α,β-unsaturated/α-hetero) is 1. The van der Waals surface area contributed by atoms with Crippen molar-refractivity contribution >= 4 is 11.9 Å². The molecule has 0 saturated heterocycles. The molecule has 0 aromatic heterocycles. The summed E-state index contributed by atoms with van der Waals surface area (Å²) in [4.78, 5) is 20.2. The van der Waals surface area contributed by atoms with Gasteiger partial charge in [0, 0.05) is 11.6 Å². The number of carbonyl (C=O) groups excluding carboxylic acids is 1. The highest BCUT2D eigenvalue weighted by atomic mass is 19.1. The Labute approximate surface area is 96.7 Å². The lowest BCUT2D eigenvalue weighted by Gasteiger charge is -2.06. The van der Waals surface area contributed by atoms with Gasteiger partial charge in [0.05, 0.1) is 4.92 Å². The van der Waals surface area contributed by atoms with Gasteiger partial charge in [-0.2, -0.15) is 0 Å². The van der Waals surface area contributed by atoms with Gasteiger partial charge in [-0.25, -0.2) is 4.39 Å². The van der Waals surface area contributed by atoms with Crippen LogP contribution in [0.2, 0.25) is 0 Å². The number of rotatable bonds is 5. The van der Waals surface area contributed by atoms with E-state index < -0.39 is 10.7 Å². The van der Waals surface area contributed by atoms with Gasteiger partial charge >= 0.3 is 0 Å². The quantitative estimate of drug-likeness (QED) is 0.582. The van der Waals surface area contributed by atoms with Gasteiger partial charge < -0.3 is 4.74 Å². The number of nitrogens with zero attached hydrogens (tertiary/aromatic N) is 1. The molecule has 0 fully saturated rings.